The van der Waals surface area contributed by atoms with Gasteiger partial charge in [-0.1, -0.05) is 5.16 Å². The molecular weight excluding hydrogens is 384 g/mol. The summed E-state index contributed by atoms with van der Waals surface area (Å²) in [4.78, 5) is 9.16. The summed E-state index contributed by atoms with van der Waals surface area (Å²) in [6, 6.07) is 11.0. The number of aryl methyl sites for hydroxylation is 1. The van der Waals surface area contributed by atoms with Gasteiger partial charge in [-0.3, -0.25) is 0 Å². The maximum absolute atomic E-state index is 5.58. The Morgan fingerprint density at radius 1 is 1.07 bits per heavy atom. The van der Waals surface area contributed by atoms with Crippen LogP contribution in [0.5, 0.6) is 11.5 Å². The van der Waals surface area contributed by atoms with Gasteiger partial charge in [-0.05, 0) is 44.2 Å². The second kappa shape index (κ2) is 8.28. The Kier molecular flexibility index (Phi) is 5.38. The van der Waals surface area contributed by atoms with Crippen LogP contribution in [0.3, 0.4) is 0 Å². The minimum atomic E-state index is -0.141. The molecule has 1 atom stereocenters. The first-order chi connectivity index (χ1) is 14.6. The molecule has 0 saturated carbocycles. The molecular formula is C22H22N4O4. The lowest BCUT2D eigenvalue weighted by Crippen LogP contribution is -2.11. The fourth-order valence-electron chi connectivity index (χ4n) is 3.17. The average molecular weight is 406 g/mol. The molecule has 0 aliphatic carbocycles. The number of nitrogens with zero attached hydrogens (tertiary/aromatic N) is 3. The predicted octanol–water partition coefficient (Wildman–Crippen LogP) is 4.89. The van der Waals surface area contributed by atoms with Gasteiger partial charge in [-0.2, -0.15) is 0 Å². The highest BCUT2D eigenvalue weighted by Crippen LogP contribution is 2.34. The molecule has 0 saturated heterocycles. The molecule has 154 valence electrons. The van der Waals surface area contributed by atoms with Crippen molar-refractivity contribution in [1.82, 2.24) is 15.1 Å². The Labute approximate surface area is 173 Å². The van der Waals surface area contributed by atoms with E-state index in [1.165, 1.54) is 0 Å². The first kappa shape index (κ1) is 19.5. The van der Waals surface area contributed by atoms with Gasteiger partial charge in [0.1, 0.15) is 17.2 Å². The number of ether oxygens (including phenoxy) is 2. The zero-order chi connectivity index (χ0) is 21.1. The van der Waals surface area contributed by atoms with Crippen molar-refractivity contribution < 1.29 is 18.4 Å². The fourth-order valence-corrected chi connectivity index (χ4v) is 3.17. The van der Waals surface area contributed by atoms with Crippen molar-refractivity contribution in [3.8, 4) is 34.3 Å². The van der Waals surface area contributed by atoms with E-state index in [-0.39, 0.29) is 6.04 Å². The minimum absolute atomic E-state index is 0.141. The molecule has 4 aromatic rings. The summed E-state index contributed by atoms with van der Waals surface area (Å²) in [7, 11) is 3.27. The van der Waals surface area contributed by atoms with Crippen molar-refractivity contribution in [1.29, 1.82) is 0 Å². The molecule has 1 N–H and O–H groups in total. The molecule has 8 nitrogen and oxygen atoms in total. The molecule has 0 unspecified atom stereocenters. The van der Waals surface area contributed by atoms with E-state index in [0.717, 1.165) is 22.8 Å². The van der Waals surface area contributed by atoms with Crippen molar-refractivity contribution in [3.05, 3.63) is 60.1 Å². The number of aromatic nitrogens is 3. The Bertz CT molecular complexity index is 1140. The Balaban J connectivity index is 1.70. The molecule has 0 spiro atoms. The molecule has 4 rings (SSSR count). The third-order valence-corrected chi connectivity index (χ3v) is 4.69. The molecule has 0 aliphatic rings. The number of benzene rings is 1. The summed E-state index contributed by atoms with van der Waals surface area (Å²) in [5, 5.41) is 7.28. The number of methoxy groups -OCH3 is 2. The maximum Gasteiger partial charge on any atom is 0.223 e. The summed E-state index contributed by atoms with van der Waals surface area (Å²) >= 11 is 0. The quantitative estimate of drug-likeness (QED) is 0.463. The molecule has 30 heavy (non-hydrogen) atoms. The molecule has 1 aromatic carbocycles. The maximum atomic E-state index is 5.58. The Morgan fingerprint density at radius 3 is 2.60 bits per heavy atom. The van der Waals surface area contributed by atoms with Crippen LogP contribution in [-0.4, -0.2) is 29.3 Å². The zero-order valence-electron chi connectivity index (χ0n) is 17.2. The minimum Gasteiger partial charge on any atom is -0.497 e. The first-order valence-electron chi connectivity index (χ1n) is 9.42. The standard InChI is InChI=1S/C22H22N4O4/c1-13-10-20(30-26-13)17-12-23-22(25-21(17)19-6-5-9-29-19)24-14(2)16-11-15(27-3)7-8-18(16)28-4/h5-12,14H,1-4H3,(H,23,24,25)/t14-/m1/s1. The molecule has 8 heteroatoms. The summed E-state index contributed by atoms with van der Waals surface area (Å²) < 4.78 is 21.8. The molecule has 0 fully saturated rings. The number of rotatable bonds is 7. The van der Waals surface area contributed by atoms with E-state index in [1.54, 1.807) is 26.7 Å². The van der Waals surface area contributed by atoms with Gasteiger partial charge in [0.25, 0.3) is 0 Å². The van der Waals surface area contributed by atoms with Crippen LogP contribution in [0.2, 0.25) is 0 Å². The molecule has 0 bridgehead atoms. The van der Waals surface area contributed by atoms with E-state index >= 15 is 0 Å². The largest absolute Gasteiger partial charge is 0.497 e. The second-order valence-corrected chi connectivity index (χ2v) is 6.74. The summed E-state index contributed by atoms with van der Waals surface area (Å²) in [6.45, 7) is 3.86. The molecule has 0 radical (unpaired) electrons. The van der Waals surface area contributed by atoms with E-state index in [4.69, 9.17) is 18.4 Å². The van der Waals surface area contributed by atoms with E-state index in [9.17, 15) is 0 Å². The SMILES string of the molecule is COc1ccc(OC)c([C@@H](C)Nc2ncc(-c3cc(C)no3)c(-c3ccco3)n2)c1. The zero-order valence-corrected chi connectivity index (χ0v) is 17.2. The monoisotopic (exact) mass is 406 g/mol. The van der Waals surface area contributed by atoms with Gasteiger partial charge in [0.05, 0.1) is 37.8 Å². The highest BCUT2D eigenvalue weighted by Gasteiger charge is 2.19. The van der Waals surface area contributed by atoms with Gasteiger partial charge < -0.3 is 23.7 Å². The van der Waals surface area contributed by atoms with Crippen molar-refractivity contribution >= 4 is 5.95 Å². The lowest BCUT2D eigenvalue weighted by atomic mass is 10.1. The highest BCUT2D eigenvalue weighted by molar-refractivity contribution is 5.75. The number of hydrogen-bond acceptors (Lipinski definition) is 8. The topological polar surface area (TPSA) is 95.4 Å². The Morgan fingerprint density at radius 2 is 1.93 bits per heavy atom. The molecule has 3 heterocycles. The lowest BCUT2D eigenvalue weighted by Gasteiger charge is -2.18. The second-order valence-electron chi connectivity index (χ2n) is 6.74. The van der Waals surface area contributed by atoms with Crippen molar-refractivity contribution in [2.45, 2.75) is 19.9 Å². The normalized spacial score (nSPS) is 11.9. The van der Waals surface area contributed by atoms with E-state index < -0.39 is 0 Å². The van der Waals surface area contributed by atoms with Crippen molar-refractivity contribution in [3.63, 3.8) is 0 Å². The highest BCUT2D eigenvalue weighted by atomic mass is 16.5. The predicted molar refractivity (Wildman–Crippen MR) is 112 cm³/mol. The van der Waals surface area contributed by atoms with Crippen molar-refractivity contribution in [2.24, 2.45) is 0 Å². The van der Waals surface area contributed by atoms with Crippen molar-refractivity contribution in [2.75, 3.05) is 19.5 Å². The third-order valence-electron chi connectivity index (χ3n) is 4.69. The number of nitrogens with one attached hydrogen (secondary N) is 1. The summed E-state index contributed by atoms with van der Waals surface area (Å²) in [6.07, 6.45) is 3.30. The van der Waals surface area contributed by atoms with Crippen LogP contribution in [0.15, 0.2) is 57.8 Å². The van der Waals surface area contributed by atoms with Crippen LogP contribution in [-0.2, 0) is 0 Å². The van der Waals surface area contributed by atoms with Crippen LogP contribution in [0.1, 0.15) is 24.2 Å². The first-order valence-corrected chi connectivity index (χ1v) is 9.42. The van der Waals surface area contributed by atoms with Crippen LogP contribution in [0, 0.1) is 6.92 Å². The molecule has 0 aliphatic heterocycles. The van der Waals surface area contributed by atoms with Gasteiger partial charge in [0, 0.05) is 17.8 Å². The fraction of sp³-hybridized carbons (Fsp3) is 0.227. The average Bonchev–Trinajstić information content (AvgIpc) is 3.45. The van der Waals surface area contributed by atoms with Gasteiger partial charge in [-0.15, -0.1) is 0 Å². The number of anilines is 1. The van der Waals surface area contributed by atoms with Gasteiger partial charge in [0.2, 0.25) is 5.95 Å². The molecule has 3 aromatic heterocycles. The smallest absolute Gasteiger partial charge is 0.223 e. The number of furan rings is 1. The van der Waals surface area contributed by atoms with Crippen LogP contribution in [0.4, 0.5) is 5.95 Å². The third kappa shape index (κ3) is 3.84. The molecule has 0 amide bonds. The van der Waals surface area contributed by atoms with Gasteiger partial charge >= 0.3 is 0 Å². The summed E-state index contributed by atoms with van der Waals surface area (Å²) in [5.41, 5.74) is 3.01. The van der Waals surface area contributed by atoms with E-state index in [2.05, 4.69) is 20.4 Å². The van der Waals surface area contributed by atoms with Crippen LogP contribution in [0.25, 0.3) is 22.8 Å². The van der Waals surface area contributed by atoms with Gasteiger partial charge in [0.15, 0.2) is 11.5 Å². The van der Waals surface area contributed by atoms with Crippen LogP contribution >= 0.6 is 0 Å². The van der Waals surface area contributed by atoms with E-state index in [0.29, 0.717) is 28.7 Å². The Hall–Kier alpha value is -3.81. The number of hydrogen-bond donors (Lipinski definition) is 1. The van der Waals surface area contributed by atoms with Crippen LogP contribution < -0.4 is 14.8 Å². The lowest BCUT2D eigenvalue weighted by molar-refractivity contribution is 0.397. The van der Waals surface area contributed by atoms with E-state index in [1.807, 2.05) is 50.2 Å². The summed E-state index contributed by atoms with van der Waals surface area (Å²) in [5.74, 6) is 3.12. The van der Waals surface area contributed by atoms with Gasteiger partial charge in [-0.25, -0.2) is 9.97 Å².